The quantitative estimate of drug-likeness (QED) is 0.601. The summed E-state index contributed by atoms with van der Waals surface area (Å²) >= 11 is 0. The molecule has 4 aliphatic rings. The Morgan fingerprint density at radius 3 is 1.50 bits per heavy atom. The molecule has 18 heavy (non-hydrogen) atoms. The molecule has 0 aromatic carbocycles. The molecule has 104 valence electrons. The lowest BCUT2D eigenvalue weighted by Gasteiger charge is -2.63. The van der Waals surface area contributed by atoms with Gasteiger partial charge < -0.3 is 0 Å². The Labute approximate surface area is 114 Å². The van der Waals surface area contributed by atoms with Gasteiger partial charge >= 0.3 is 0 Å². The molecule has 0 heterocycles. The van der Waals surface area contributed by atoms with E-state index in [1.807, 2.05) is 0 Å². The molecule has 0 atom stereocenters. The minimum atomic E-state index is 0.771. The molecule has 4 bridgehead atoms. The minimum Gasteiger partial charge on any atom is -0.0628 e. The van der Waals surface area contributed by atoms with Crippen LogP contribution in [-0.2, 0) is 0 Å². The third kappa shape index (κ3) is 2.25. The molecule has 0 nitrogen and oxygen atoms in total. The van der Waals surface area contributed by atoms with Crippen molar-refractivity contribution in [2.45, 2.75) is 79.1 Å². The van der Waals surface area contributed by atoms with Crippen LogP contribution in [0.15, 0.2) is 0 Å². The van der Waals surface area contributed by atoms with Crippen LogP contribution >= 0.6 is 0 Å². The monoisotopic (exact) mass is 248 g/mol. The molecule has 0 unspecified atom stereocenters. The van der Waals surface area contributed by atoms with Gasteiger partial charge in [-0.25, -0.2) is 0 Å². The van der Waals surface area contributed by atoms with Crippen LogP contribution in [-0.4, -0.2) is 0 Å². The lowest BCUT2D eigenvalue weighted by atomic mass is 9.42. The standard InChI is InChI=1S/C18H32/c1-13(2)6-17-8-15-5-16(9-17)11-18(10-15,12-17)7-14(3)4/h13-16H,5-12H2,1-4H3. The smallest absolute Gasteiger partial charge is 0.0284 e. The van der Waals surface area contributed by atoms with Crippen LogP contribution in [0.4, 0.5) is 0 Å². The van der Waals surface area contributed by atoms with Crippen LogP contribution < -0.4 is 0 Å². The van der Waals surface area contributed by atoms with E-state index in [1.54, 1.807) is 38.5 Å². The Balaban J connectivity index is 1.83. The van der Waals surface area contributed by atoms with Gasteiger partial charge in [0.05, 0.1) is 0 Å². The van der Waals surface area contributed by atoms with Crippen molar-refractivity contribution in [3.8, 4) is 0 Å². The first-order chi connectivity index (χ1) is 8.40. The summed E-state index contributed by atoms with van der Waals surface area (Å²) in [6.07, 6.45) is 12.5. The maximum Gasteiger partial charge on any atom is -0.0284 e. The maximum atomic E-state index is 2.44. The second kappa shape index (κ2) is 4.25. The molecule has 0 spiro atoms. The highest BCUT2D eigenvalue weighted by Crippen LogP contribution is 2.68. The fourth-order valence-electron chi connectivity index (χ4n) is 6.86. The average Bonchev–Trinajstić information content (AvgIpc) is 2.08. The van der Waals surface area contributed by atoms with Crippen molar-refractivity contribution >= 4 is 0 Å². The van der Waals surface area contributed by atoms with E-state index in [1.165, 1.54) is 12.8 Å². The third-order valence-corrected chi connectivity index (χ3v) is 5.99. The van der Waals surface area contributed by atoms with Crippen LogP contribution in [0.1, 0.15) is 79.1 Å². The summed E-state index contributed by atoms with van der Waals surface area (Å²) < 4.78 is 0. The molecule has 0 N–H and O–H groups in total. The molecule has 0 amide bonds. The number of hydrogen-bond acceptors (Lipinski definition) is 0. The Kier molecular flexibility index (Phi) is 3.07. The summed E-state index contributed by atoms with van der Waals surface area (Å²) in [4.78, 5) is 0. The lowest BCUT2D eigenvalue weighted by Crippen LogP contribution is -2.52. The molecule has 4 fully saturated rings. The Hall–Kier alpha value is 0. The zero-order chi connectivity index (χ0) is 13.0. The van der Waals surface area contributed by atoms with Gasteiger partial charge in [-0.2, -0.15) is 0 Å². The lowest BCUT2D eigenvalue weighted by molar-refractivity contribution is -0.125. The molecule has 0 aliphatic heterocycles. The summed E-state index contributed by atoms with van der Waals surface area (Å²) in [6.45, 7) is 9.75. The second-order valence-corrected chi connectivity index (χ2v) is 9.16. The third-order valence-electron chi connectivity index (χ3n) is 5.99. The van der Waals surface area contributed by atoms with Crippen molar-refractivity contribution in [2.75, 3.05) is 0 Å². The Bertz CT molecular complexity index is 259. The summed E-state index contributed by atoms with van der Waals surface area (Å²) in [7, 11) is 0. The molecule has 0 aromatic rings. The average molecular weight is 248 g/mol. The molecule has 4 rings (SSSR count). The number of hydrogen-bond donors (Lipinski definition) is 0. The van der Waals surface area contributed by atoms with E-state index in [0.717, 1.165) is 34.5 Å². The summed E-state index contributed by atoms with van der Waals surface area (Å²) in [5.41, 5.74) is 1.54. The van der Waals surface area contributed by atoms with Gasteiger partial charge in [0.25, 0.3) is 0 Å². The van der Waals surface area contributed by atoms with Gasteiger partial charge in [0, 0.05) is 0 Å². The van der Waals surface area contributed by atoms with Crippen LogP contribution in [0.3, 0.4) is 0 Å². The van der Waals surface area contributed by atoms with Crippen molar-refractivity contribution in [1.82, 2.24) is 0 Å². The highest BCUT2D eigenvalue weighted by Gasteiger charge is 2.57. The fraction of sp³-hybridized carbons (Fsp3) is 1.00. The first kappa shape index (κ1) is 13.0. The predicted molar refractivity (Wildman–Crippen MR) is 78.5 cm³/mol. The molecule has 4 saturated carbocycles. The first-order valence-corrected chi connectivity index (χ1v) is 8.40. The minimum absolute atomic E-state index is 0.771. The van der Waals surface area contributed by atoms with Crippen molar-refractivity contribution in [2.24, 2.45) is 34.5 Å². The van der Waals surface area contributed by atoms with Gasteiger partial charge in [0.2, 0.25) is 0 Å². The van der Waals surface area contributed by atoms with Gasteiger partial charge in [-0.05, 0) is 85.9 Å². The Morgan fingerprint density at radius 1 is 0.778 bits per heavy atom. The van der Waals surface area contributed by atoms with Crippen LogP contribution in [0.2, 0.25) is 0 Å². The van der Waals surface area contributed by atoms with E-state index in [0.29, 0.717) is 0 Å². The van der Waals surface area contributed by atoms with E-state index in [-0.39, 0.29) is 0 Å². The number of rotatable bonds is 4. The van der Waals surface area contributed by atoms with E-state index in [2.05, 4.69) is 27.7 Å². The highest BCUT2D eigenvalue weighted by atomic mass is 14.6. The second-order valence-electron chi connectivity index (χ2n) is 9.16. The molecule has 0 radical (unpaired) electrons. The predicted octanol–water partition coefficient (Wildman–Crippen LogP) is 5.67. The summed E-state index contributed by atoms with van der Waals surface area (Å²) in [6, 6.07) is 0. The highest BCUT2D eigenvalue weighted by molar-refractivity contribution is 5.07. The van der Waals surface area contributed by atoms with Crippen LogP contribution in [0.5, 0.6) is 0 Å². The van der Waals surface area contributed by atoms with E-state index < -0.39 is 0 Å². The fourth-order valence-corrected chi connectivity index (χ4v) is 6.86. The molecule has 0 saturated heterocycles. The van der Waals surface area contributed by atoms with Crippen LogP contribution in [0.25, 0.3) is 0 Å². The molecule has 4 aliphatic carbocycles. The molecular formula is C18H32. The van der Waals surface area contributed by atoms with Gasteiger partial charge in [0.15, 0.2) is 0 Å². The van der Waals surface area contributed by atoms with Gasteiger partial charge in [-0.3, -0.25) is 0 Å². The Morgan fingerprint density at radius 2 is 1.17 bits per heavy atom. The molecule has 0 aromatic heterocycles. The van der Waals surface area contributed by atoms with Crippen molar-refractivity contribution in [3.05, 3.63) is 0 Å². The van der Waals surface area contributed by atoms with Crippen molar-refractivity contribution < 1.29 is 0 Å². The van der Waals surface area contributed by atoms with Crippen LogP contribution in [0, 0.1) is 34.5 Å². The first-order valence-electron chi connectivity index (χ1n) is 8.40. The zero-order valence-electron chi connectivity index (χ0n) is 13.0. The topological polar surface area (TPSA) is 0 Å². The van der Waals surface area contributed by atoms with E-state index in [4.69, 9.17) is 0 Å². The van der Waals surface area contributed by atoms with Gasteiger partial charge in [-0.1, -0.05) is 27.7 Å². The van der Waals surface area contributed by atoms with E-state index >= 15 is 0 Å². The SMILES string of the molecule is CC(C)CC12CC3CC(C1)CC(CC(C)C)(C3)C2. The molecular weight excluding hydrogens is 216 g/mol. The summed E-state index contributed by atoms with van der Waals surface area (Å²) in [5.74, 6) is 4.00. The van der Waals surface area contributed by atoms with E-state index in [9.17, 15) is 0 Å². The molecule has 0 heteroatoms. The summed E-state index contributed by atoms with van der Waals surface area (Å²) in [5, 5.41) is 0. The maximum absolute atomic E-state index is 2.44. The largest absolute Gasteiger partial charge is 0.0628 e. The normalized spacial score (nSPS) is 46.3. The van der Waals surface area contributed by atoms with Gasteiger partial charge in [0.1, 0.15) is 0 Å². The van der Waals surface area contributed by atoms with Gasteiger partial charge in [-0.15, -0.1) is 0 Å². The van der Waals surface area contributed by atoms with Crippen molar-refractivity contribution in [3.63, 3.8) is 0 Å². The van der Waals surface area contributed by atoms with Crippen molar-refractivity contribution in [1.29, 1.82) is 0 Å². The zero-order valence-corrected chi connectivity index (χ0v) is 13.0.